The zero-order chi connectivity index (χ0) is 16.2. The van der Waals surface area contributed by atoms with Gasteiger partial charge in [0.2, 0.25) is 0 Å². The number of nitrogens with zero attached hydrogens (tertiary/aromatic N) is 3. The number of carbonyl (C=O) groups excluding carboxylic acids is 1. The van der Waals surface area contributed by atoms with E-state index in [2.05, 4.69) is 15.2 Å². The Kier molecular flexibility index (Phi) is 4.73. The summed E-state index contributed by atoms with van der Waals surface area (Å²) in [6.07, 6.45) is 2.85. The summed E-state index contributed by atoms with van der Waals surface area (Å²) in [5, 5.41) is 10.5. The Morgan fingerprint density at radius 1 is 1.35 bits per heavy atom. The molecular formula is C15H13N3O3S2. The summed E-state index contributed by atoms with van der Waals surface area (Å²) in [6, 6.07) is 7.17. The highest BCUT2D eigenvalue weighted by Crippen LogP contribution is 2.27. The molecule has 1 atom stereocenters. The summed E-state index contributed by atoms with van der Waals surface area (Å²) in [5.74, 6) is 0.214. The van der Waals surface area contributed by atoms with E-state index in [4.69, 9.17) is 9.15 Å². The maximum absolute atomic E-state index is 12.3. The average molecular weight is 347 g/mol. The van der Waals surface area contributed by atoms with Gasteiger partial charge in [-0.05, 0) is 36.8 Å². The largest absolute Gasteiger partial charge is 0.449 e. The molecule has 23 heavy (non-hydrogen) atoms. The van der Waals surface area contributed by atoms with Crippen LogP contribution in [0.2, 0.25) is 0 Å². The highest BCUT2D eigenvalue weighted by atomic mass is 32.2. The number of rotatable bonds is 5. The lowest BCUT2D eigenvalue weighted by Gasteiger charge is -2.10. The van der Waals surface area contributed by atoms with Crippen LogP contribution in [0.3, 0.4) is 0 Å². The van der Waals surface area contributed by atoms with Crippen molar-refractivity contribution in [1.82, 2.24) is 15.2 Å². The highest BCUT2D eigenvalue weighted by Gasteiger charge is 2.22. The molecule has 3 aromatic heterocycles. The molecule has 0 aliphatic heterocycles. The molecule has 0 fully saturated rings. The third kappa shape index (κ3) is 3.43. The molecule has 6 nitrogen and oxygen atoms in total. The molecule has 3 rings (SSSR count). The molecule has 0 aromatic carbocycles. The molecule has 3 aromatic rings. The van der Waals surface area contributed by atoms with Crippen LogP contribution in [-0.4, -0.2) is 27.4 Å². The molecule has 0 radical (unpaired) electrons. The number of thioether (sulfide) groups is 1. The Balaban J connectivity index is 1.74. The lowest BCUT2D eigenvalue weighted by molar-refractivity contribution is 0.0275. The molecule has 8 heteroatoms. The summed E-state index contributed by atoms with van der Waals surface area (Å²) in [7, 11) is 0. The van der Waals surface area contributed by atoms with Crippen molar-refractivity contribution in [3.63, 3.8) is 0 Å². The van der Waals surface area contributed by atoms with Gasteiger partial charge in [0.15, 0.2) is 6.10 Å². The number of esters is 1. The number of thiophene rings is 1. The molecule has 0 saturated heterocycles. The lowest BCUT2D eigenvalue weighted by atomic mass is 10.3. The highest BCUT2D eigenvalue weighted by molar-refractivity contribution is 7.98. The van der Waals surface area contributed by atoms with Crippen LogP contribution in [0, 0.1) is 0 Å². The maximum Gasteiger partial charge on any atom is 0.341 e. The van der Waals surface area contributed by atoms with Gasteiger partial charge in [-0.2, -0.15) is 0 Å². The summed E-state index contributed by atoms with van der Waals surface area (Å²) in [4.78, 5) is 17.3. The van der Waals surface area contributed by atoms with Crippen LogP contribution in [0.4, 0.5) is 0 Å². The quantitative estimate of drug-likeness (QED) is 0.512. The SMILES string of the molecule is CSc1ncccc1C(=O)OC(C)c1nnc(-c2cccs2)o1. The van der Waals surface area contributed by atoms with E-state index in [0.29, 0.717) is 16.5 Å². The fourth-order valence-corrected chi connectivity index (χ4v) is 3.06. The monoisotopic (exact) mass is 347 g/mol. The first kappa shape index (κ1) is 15.7. The zero-order valence-corrected chi connectivity index (χ0v) is 14.1. The molecule has 3 heterocycles. The predicted molar refractivity (Wildman–Crippen MR) is 87.5 cm³/mol. The van der Waals surface area contributed by atoms with Crippen LogP contribution < -0.4 is 0 Å². The Bertz CT molecular complexity index is 802. The van der Waals surface area contributed by atoms with Crippen LogP contribution in [-0.2, 0) is 4.74 Å². The van der Waals surface area contributed by atoms with E-state index < -0.39 is 12.1 Å². The van der Waals surface area contributed by atoms with E-state index in [1.165, 1.54) is 23.1 Å². The average Bonchev–Trinajstić information content (AvgIpc) is 3.25. The third-order valence-electron chi connectivity index (χ3n) is 2.99. The predicted octanol–water partition coefficient (Wildman–Crippen LogP) is 3.83. The van der Waals surface area contributed by atoms with Gasteiger partial charge in [0.1, 0.15) is 5.03 Å². The van der Waals surface area contributed by atoms with E-state index in [1.807, 2.05) is 23.8 Å². The van der Waals surface area contributed by atoms with Gasteiger partial charge in [-0.1, -0.05) is 6.07 Å². The van der Waals surface area contributed by atoms with Crippen molar-refractivity contribution in [2.45, 2.75) is 18.1 Å². The molecule has 0 spiro atoms. The fourth-order valence-electron chi connectivity index (χ4n) is 1.88. The van der Waals surface area contributed by atoms with E-state index in [0.717, 1.165) is 4.88 Å². The van der Waals surface area contributed by atoms with Gasteiger partial charge in [-0.15, -0.1) is 33.3 Å². The first-order valence-electron chi connectivity index (χ1n) is 6.76. The summed E-state index contributed by atoms with van der Waals surface area (Å²) >= 11 is 2.89. The van der Waals surface area contributed by atoms with E-state index in [9.17, 15) is 4.79 Å². The molecule has 118 valence electrons. The maximum atomic E-state index is 12.3. The summed E-state index contributed by atoms with van der Waals surface area (Å²) in [5.41, 5.74) is 0.421. The normalized spacial score (nSPS) is 12.1. The second kappa shape index (κ2) is 6.93. The summed E-state index contributed by atoms with van der Waals surface area (Å²) < 4.78 is 11.0. The van der Waals surface area contributed by atoms with Crippen molar-refractivity contribution < 1.29 is 13.9 Å². The van der Waals surface area contributed by atoms with Gasteiger partial charge >= 0.3 is 5.97 Å². The zero-order valence-electron chi connectivity index (χ0n) is 12.4. The van der Waals surface area contributed by atoms with Crippen LogP contribution in [0.15, 0.2) is 45.3 Å². The van der Waals surface area contributed by atoms with E-state index in [-0.39, 0.29) is 5.89 Å². The molecule has 1 unspecified atom stereocenters. The minimum absolute atomic E-state index is 0.261. The first-order chi connectivity index (χ1) is 11.2. The number of ether oxygens (including phenoxy) is 1. The van der Waals surface area contributed by atoms with Crippen molar-refractivity contribution in [2.75, 3.05) is 6.26 Å². The van der Waals surface area contributed by atoms with Crippen LogP contribution in [0.25, 0.3) is 10.8 Å². The molecular weight excluding hydrogens is 334 g/mol. The number of pyridine rings is 1. The molecule has 0 saturated carbocycles. The Morgan fingerprint density at radius 2 is 2.22 bits per heavy atom. The van der Waals surface area contributed by atoms with Gasteiger partial charge in [-0.25, -0.2) is 9.78 Å². The van der Waals surface area contributed by atoms with Gasteiger partial charge in [0.25, 0.3) is 11.8 Å². The van der Waals surface area contributed by atoms with Crippen molar-refractivity contribution in [1.29, 1.82) is 0 Å². The molecule has 0 amide bonds. The smallest absolute Gasteiger partial charge is 0.341 e. The van der Waals surface area contributed by atoms with Crippen LogP contribution >= 0.6 is 23.1 Å². The van der Waals surface area contributed by atoms with Crippen LogP contribution in [0.5, 0.6) is 0 Å². The van der Waals surface area contributed by atoms with Crippen molar-refractivity contribution in [2.24, 2.45) is 0 Å². The molecule has 0 aliphatic rings. The second-order valence-corrected chi connectivity index (χ2v) is 6.27. The minimum Gasteiger partial charge on any atom is -0.449 e. The third-order valence-corrected chi connectivity index (χ3v) is 4.56. The minimum atomic E-state index is -0.640. The Morgan fingerprint density at radius 3 is 2.96 bits per heavy atom. The molecule has 0 aliphatic carbocycles. The van der Waals surface area contributed by atoms with E-state index in [1.54, 1.807) is 25.3 Å². The van der Waals surface area contributed by atoms with Crippen LogP contribution in [0.1, 0.15) is 29.3 Å². The number of carbonyl (C=O) groups is 1. The van der Waals surface area contributed by atoms with Gasteiger partial charge < -0.3 is 9.15 Å². The van der Waals surface area contributed by atoms with Crippen molar-refractivity contribution in [3.8, 4) is 10.8 Å². The van der Waals surface area contributed by atoms with Crippen molar-refractivity contribution >= 4 is 29.1 Å². The second-order valence-electron chi connectivity index (χ2n) is 4.53. The van der Waals surface area contributed by atoms with Gasteiger partial charge in [-0.3, -0.25) is 0 Å². The van der Waals surface area contributed by atoms with Gasteiger partial charge in [0, 0.05) is 6.20 Å². The van der Waals surface area contributed by atoms with Crippen molar-refractivity contribution in [3.05, 3.63) is 47.3 Å². The van der Waals surface area contributed by atoms with Gasteiger partial charge in [0.05, 0.1) is 10.4 Å². The number of aromatic nitrogens is 3. The van der Waals surface area contributed by atoms with E-state index >= 15 is 0 Å². The molecule has 0 N–H and O–H groups in total. The number of hydrogen-bond donors (Lipinski definition) is 0. The lowest BCUT2D eigenvalue weighted by Crippen LogP contribution is -2.11. The fraction of sp³-hybridized carbons (Fsp3) is 0.200. The molecule has 0 bridgehead atoms. The Hall–Kier alpha value is -2.19. The number of hydrogen-bond acceptors (Lipinski definition) is 8. The topological polar surface area (TPSA) is 78.1 Å². The summed E-state index contributed by atoms with van der Waals surface area (Å²) in [6.45, 7) is 1.69. The Labute approximate surface area is 140 Å². The first-order valence-corrected chi connectivity index (χ1v) is 8.86. The standard InChI is InChI=1S/C15H13N3O3S2/c1-9(12-17-18-13(21-12)11-6-4-8-23-11)20-15(19)10-5-3-7-16-14(10)22-2/h3-9H,1-2H3.